The van der Waals surface area contributed by atoms with Crippen LogP contribution in [0.2, 0.25) is 0 Å². The summed E-state index contributed by atoms with van der Waals surface area (Å²) < 4.78 is 10.4. The number of aromatic nitrogens is 1. The van der Waals surface area contributed by atoms with E-state index < -0.39 is 5.60 Å². The number of ether oxygens (including phenoxy) is 2. The Balaban J connectivity index is 1.72. The van der Waals surface area contributed by atoms with Crippen molar-refractivity contribution < 1.29 is 14.3 Å². The molecule has 0 atom stereocenters. The average molecular weight is 293 g/mol. The Labute approximate surface area is 125 Å². The molecule has 1 aromatic rings. The van der Waals surface area contributed by atoms with Gasteiger partial charge in [-0.1, -0.05) is 6.07 Å². The van der Waals surface area contributed by atoms with Crippen molar-refractivity contribution in [1.29, 1.82) is 0 Å². The Morgan fingerprint density at radius 1 is 1.43 bits per heavy atom. The minimum atomic E-state index is -0.444. The zero-order chi connectivity index (χ0) is 15.5. The summed E-state index contributed by atoms with van der Waals surface area (Å²) in [4.78, 5) is 17.8. The third-order valence-electron chi connectivity index (χ3n) is 3.10. The number of amides is 1. The molecular weight excluding hydrogens is 270 g/mol. The molecule has 0 bridgehead atoms. The molecule has 0 aromatic carbocycles. The van der Waals surface area contributed by atoms with Crippen LogP contribution in [0, 0.1) is 0 Å². The molecule has 1 N–H and O–H groups in total. The lowest BCUT2D eigenvalue weighted by Crippen LogP contribution is -2.60. The topological polar surface area (TPSA) is 63.7 Å². The fraction of sp³-hybridized carbons (Fsp3) is 0.600. The minimum absolute atomic E-state index is 0.250. The van der Waals surface area contributed by atoms with Gasteiger partial charge in [-0.2, -0.15) is 0 Å². The first-order valence-electron chi connectivity index (χ1n) is 7.08. The highest BCUT2D eigenvalue weighted by molar-refractivity contribution is 5.69. The number of methoxy groups -OCH3 is 1. The van der Waals surface area contributed by atoms with E-state index in [1.165, 1.54) is 0 Å². The molecule has 0 aliphatic carbocycles. The van der Waals surface area contributed by atoms with Crippen LogP contribution in [0.25, 0.3) is 0 Å². The van der Waals surface area contributed by atoms with Crippen molar-refractivity contribution in [3.05, 3.63) is 23.9 Å². The molecule has 0 radical (unpaired) electrons. The van der Waals surface area contributed by atoms with Gasteiger partial charge in [0.15, 0.2) is 0 Å². The molecule has 1 aromatic heterocycles. The van der Waals surface area contributed by atoms with Gasteiger partial charge in [0.1, 0.15) is 5.60 Å². The lowest BCUT2D eigenvalue weighted by atomic mass is 10.1. The van der Waals surface area contributed by atoms with Crippen LogP contribution in [0.1, 0.15) is 26.5 Å². The second-order valence-electron chi connectivity index (χ2n) is 6.13. The average Bonchev–Trinajstić information content (AvgIpc) is 2.35. The molecule has 1 aliphatic heterocycles. The molecule has 1 aliphatic rings. The molecule has 1 saturated heterocycles. The smallest absolute Gasteiger partial charge is 0.410 e. The molecule has 21 heavy (non-hydrogen) atoms. The number of hydrogen-bond acceptors (Lipinski definition) is 5. The maximum absolute atomic E-state index is 11.8. The summed E-state index contributed by atoms with van der Waals surface area (Å²) in [7, 11) is 1.60. The van der Waals surface area contributed by atoms with Gasteiger partial charge in [0.2, 0.25) is 5.88 Å². The summed E-state index contributed by atoms with van der Waals surface area (Å²) in [5, 5.41) is 3.37. The van der Waals surface area contributed by atoms with Gasteiger partial charge in [-0.3, -0.25) is 0 Å². The largest absolute Gasteiger partial charge is 0.481 e. The number of pyridine rings is 1. The Morgan fingerprint density at radius 3 is 2.76 bits per heavy atom. The van der Waals surface area contributed by atoms with Gasteiger partial charge >= 0.3 is 6.09 Å². The number of carbonyl (C=O) groups is 1. The Hall–Kier alpha value is -1.82. The predicted molar refractivity (Wildman–Crippen MR) is 79.2 cm³/mol. The van der Waals surface area contributed by atoms with Gasteiger partial charge in [0.05, 0.1) is 12.8 Å². The monoisotopic (exact) mass is 293 g/mol. The maximum atomic E-state index is 11.8. The first kappa shape index (κ1) is 15.6. The Bertz CT molecular complexity index is 493. The van der Waals surface area contributed by atoms with E-state index in [1.807, 2.05) is 39.0 Å². The quantitative estimate of drug-likeness (QED) is 0.917. The summed E-state index contributed by atoms with van der Waals surface area (Å²) >= 11 is 0. The van der Waals surface area contributed by atoms with E-state index >= 15 is 0 Å². The normalized spacial score (nSPS) is 15.5. The molecule has 116 valence electrons. The third kappa shape index (κ3) is 4.60. The minimum Gasteiger partial charge on any atom is -0.481 e. The fourth-order valence-corrected chi connectivity index (χ4v) is 2.00. The summed E-state index contributed by atoms with van der Waals surface area (Å²) in [5.74, 6) is 0.610. The molecule has 1 amide bonds. The molecule has 0 unspecified atom stereocenters. The van der Waals surface area contributed by atoms with Crippen molar-refractivity contribution in [2.45, 2.75) is 39.0 Å². The van der Waals surface area contributed by atoms with Gasteiger partial charge in [-0.05, 0) is 26.8 Å². The van der Waals surface area contributed by atoms with E-state index in [9.17, 15) is 4.79 Å². The van der Waals surface area contributed by atoms with Crippen molar-refractivity contribution in [1.82, 2.24) is 15.2 Å². The summed E-state index contributed by atoms with van der Waals surface area (Å²) in [5.41, 5.74) is 0.477. The second-order valence-corrected chi connectivity index (χ2v) is 6.13. The number of nitrogens with zero attached hydrogens (tertiary/aromatic N) is 2. The number of carbonyl (C=O) groups excluding carboxylic acids is 1. The predicted octanol–water partition coefficient (Wildman–Crippen LogP) is 1.80. The Kier molecular flexibility index (Phi) is 4.67. The van der Waals surface area contributed by atoms with Crippen LogP contribution in [0.5, 0.6) is 5.88 Å². The molecule has 1 fully saturated rings. The summed E-state index contributed by atoms with van der Waals surface area (Å²) in [6, 6.07) is 5.96. The first-order chi connectivity index (χ1) is 9.87. The SMILES string of the molecule is COc1cccc(CNC2CN(C(=O)OC(C)(C)C)C2)n1. The van der Waals surface area contributed by atoms with Crippen LogP contribution >= 0.6 is 0 Å². The van der Waals surface area contributed by atoms with Crippen LogP contribution in [-0.2, 0) is 11.3 Å². The molecular formula is C15H23N3O3. The van der Waals surface area contributed by atoms with Crippen LogP contribution in [0.15, 0.2) is 18.2 Å². The molecule has 6 nitrogen and oxygen atoms in total. The summed E-state index contributed by atoms with van der Waals surface area (Å²) in [6.07, 6.45) is -0.250. The van der Waals surface area contributed by atoms with Crippen molar-refractivity contribution in [3.8, 4) is 5.88 Å². The van der Waals surface area contributed by atoms with E-state index in [0.29, 0.717) is 25.5 Å². The first-order valence-corrected chi connectivity index (χ1v) is 7.08. The van der Waals surface area contributed by atoms with Gasteiger partial charge in [0.25, 0.3) is 0 Å². The van der Waals surface area contributed by atoms with Crippen LogP contribution in [0.4, 0.5) is 4.79 Å². The Morgan fingerprint density at radius 2 is 2.14 bits per heavy atom. The van der Waals surface area contributed by atoms with E-state index in [0.717, 1.165) is 5.69 Å². The standard InChI is InChI=1S/C15H23N3O3/c1-15(2,3)21-14(19)18-9-12(10-18)16-8-11-6-5-7-13(17-11)20-4/h5-7,12,16H,8-10H2,1-4H3. The highest BCUT2D eigenvalue weighted by Gasteiger charge is 2.33. The van der Waals surface area contributed by atoms with E-state index in [2.05, 4.69) is 10.3 Å². The number of rotatable bonds is 4. The van der Waals surface area contributed by atoms with Crippen LogP contribution in [0.3, 0.4) is 0 Å². The lowest BCUT2D eigenvalue weighted by molar-refractivity contribution is 0.00516. The van der Waals surface area contributed by atoms with Gasteiger partial charge in [-0.25, -0.2) is 9.78 Å². The molecule has 2 heterocycles. The van der Waals surface area contributed by atoms with Crippen molar-refractivity contribution >= 4 is 6.09 Å². The zero-order valence-corrected chi connectivity index (χ0v) is 13.0. The molecule has 0 spiro atoms. The number of nitrogens with one attached hydrogen (secondary N) is 1. The van der Waals surface area contributed by atoms with Gasteiger partial charge in [-0.15, -0.1) is 0 Å². The van der Waals surface area contributed by atoms with Crippen LogP contribution < -0.4 is 10.1 Å². The molecule has 2 rings (SSSR count). The molecule has 6 heteroatoms. The van der Waals surface area contributed by atoms with Crippen molar-refractivity contribution in [3.63, 3.8) is 0 Å². The van der Waals surface area contributed by atoms with Crippen molar-refractivity contribution in [2.75, 3.05) is 20.2 Å². The van der Waals surface area contributed by atoms with Gasteiger partial charge < -0.3 is 19.7 Å². The van der Waals surface area contributed by atoms with E-state index in [1.54, 1.807) is 12.0 Å². The fourth-order valence-electron chi connectivity index (χ4n) is 2.00. The lowest BCUT2D eigenvalue weighted by Gasteiger charge is -2.40. The molecule has 0 saturated carbocycles. The number of hydrogen-bond donors (Lipinski definition) is 1. The zero-order valence-electron chi connectivity index (χ0n) is 13.0. The van der Waals surface area contributed by atoms with Crippen molar-refractivity contribution in [2.24, 2.45) is 0 Å². The second kappa shape index (κ2) is 6.30. The highest BCUT2D eigenvalue weighted by atomic mass is 16.6. The van der Waals surface area contributed by atoms with Crippen LogP contribution in [-0.4, -0.2) is 47.8 Å². The maximum Gasteiger partial charge on any atom is 0.410 e. The number of likely N-dealkylation sites (tertiary alicyclic amines) is 1. The summed E-state index contributed by atoms with van der Waals surface area (Å²) in [6.45, 7) is 7.60. The third-order valence-corrected chi connectivity index (χ3v) is 3.10. The van der Waals surface area contributed by atoms with Gasteiger partial charge in [0, 0.05) is 31.7 Å². The van der Waals surface area contributed by atoms with E-state index in [-0.39, 0.29) is 12.1 Å². The highest BCUT2D eigenvalue weighted by Crippen LogP contribution is 2.15. The van der Waals surface area contributed by atoms with E-state index in [4.69, 9.17) is 9.47 Å².